The van der Waals surface area contributed by atoms with Gasteiger partial charge in [-0.1, -0.05) is 0 Å². The van der Waals surface area contributed by atoms with Crippen LogP contribution in [0.5, 0.6) is 0 Å². The lowest BCUT2D eigenvalue weighted by Crippen LogP contribution is -2.66. The van der Waals surface area contributed by atoms with Crippen LogP contribution in [0, 0.1) is 0 Å². The molecule has 1 aliphatic heterocycles. The van der Waals surface area contributed by atoms with Gasteiger partial charge >= 0.3 is 11.9 Å². The Morgan fingerprint density at radius 2 is 1.68 bits per heavy atom. The number of carbonyl (C=O) groups is 2. The second-order valence-electron chi connectivity index (χ2n) is 4.73. The quantitative estimate of drug-likeness (QED) is 0.725. The van der Waals surface area contributed by atoms with E-state index in [1.54, 1.807) is 6.92 Å². The number of aliphatic hydroxyl groups is 1. The minimum atomic E-state index is -1.54. The van der Waals surface area contributed by atoms with Gasteiger partial charge in [-0.3, -0.25) is 9.59 Å². The maximum Gasteiger partial charge on any atom is 0.305 e. The molecule has 7 nitrogen and oxygen atoms in total. The smallest absolute Gasteiger partial charge is 0.305 e. The summed E-state index contributed by atoms with van der Waals surface area (Å²) < 4.78 is 20.6. The molecule has 0 radical (unpaired) electrons. The highest BCUT2D eigenvalue weighted by Gasteiger charge is 2.55. The Morgan fingerprint density at radius 1 is 1.16 bits per heavy atom. The zero-order chi connectivity index (χ0) is 14.8. The van der Waals surface area contributed by atoms with Crippen molar-refractivity contribution in [2.24, 2.45) is 0 Å². The molecule has 19 heavy (non-hydrogen) atoms. The summed E-state index contributed by atoms with van der Waals surface area (Å²) >= 11 is 0. The van der Waals surface area contributed by atoms with E-state index in [-0.39, 0.29) is 0 Å². The van der Waals surface area contributed by atoms with Crippen LogP contribution in [-0.4, -0.2) is 54.4 Å². The molecule has 7 heteroatoms. The van der Waals surface area contributed by atoms with Gasteiger partial charge in [0.1, 0.15) is 5.60 Å². The molecule has 1 N–H and O–H groups in total. The van der Waals surface area contributed by atoms with E-state index in [0.29, 0.717) is 0 Å². The van der Waals surface area contributed by atoms with E-state index < -0.39 is 42.1 Å². The minimum Gasteiger partial charge on any atom is -0.457 e. The molecule has 1 fully saturated rings. The maximum atomic E-state index is 11.1. The van der Waals surface area contributed by atoms with Crippen molar-refractivity contribution in [1.82, 2.24) is 0 Å². The monoisotopic (exact) mass is 276 g/mol. The third kappa shape index (κ3) is 3.43. The predicted octanol–water partition coefficient (Wildman–Crippen LogP) is -0.00800. The molecular weight excluding hydrogens is 256 g/mol. The van der Waals surface area contributed by atoms with Gasteiger partial charge in [0.05, 0.1) is 6.10 Å². The summed E-state index contributed by atoms with van der Waals surface area (Å²) in [5.74, 6) is -1.09. The van der Waals surface area contributed by atoms with Crippen LogP contribution in [0.15, 0.2) is 0 Å². The predicted molar refractivity (Wildman–Crippen MR) is 63.1 cm³/mol. The average molecular weight is 276 g/mol. The van der Waals surface area contributed by atoms with Crippen LogP contribution in [0.25, 0.3) is 0 Å². The van der Waals surface area contributed by atoms with Gasteiger partial charge in [-0.25, -0.2) is 0 Å². The Balaban J connectivity index is 2.98. The van der Waals surface area contributed by atoms with Crippen LogP contribution >= 0.6 is 0 Å². The zero-order valence-corrected chi connectivity index (χ0v) is 11.7. The Hall–Kier alpha value is -1.18. The zero-order valence-electron chi connectivity index (χ0n) is 11.7. The topological polar surface area (TPSA) is 91.3 Å². The van der Waals surface area contributed by atoms with Gasteiger partial charge in [0.25, 0.3) is 0 Å². The van der Waals surface area contributed by atoms with Crippen molar-refractivity contribution >= 4 is 11.9 Å². The van der Waals surface area contributed by atoms with Crippen molar-refractivity contribution < 1.29 is 33.6 Å². The second-order valence-corrected chi connectivity index (χ2v) is 4.73. The summed E-state index contributed by atoms with van der Waals surface area (Å²) in [6.45, 7) is 5.53. The van der Waals surface area contributed by atoms with Gasteiger partial charge < -0.3 is 24.1 Å². The third-order valence-corrected chi connectivity index (χ3v) is 3.00. The molecule has 5 atom stereocenters. The number of ether oxygens (including phenoxy) is 4. The van der Waals surface area contributed by atoms with E-state index in [4.69, 9.17) is 18.9 Å². The molecular formula is C12H20O7. The Labute approximate surface area is 111 Å². The average Bonchev–Trinajstić information content (AvgIpc) is 2.23. The van der Waals surface area contributed by atoms with Crippen LogP contribution < -0.4 is 0 Å². The van der Waals surface area contributed by atoms with Crippen LogP contribution in [-0.2, 0) is 28.5 Å². The first-order valence-corrected chi connectivity index (χ1v) is 5.95. The molecule has 1 heterocycles. The molecule has 1 rings (SSSR count). The van der Waals surface area contributed by atoms with E-state index in [2.05, 4.69) is 0 Å². The van der Waals surface area contributed by atoms with Crippen LogP contribution in [0.2, 0.25) is 0 Å². The number of esters is 2. The fourth-order valence-corrected chi connectivity index (χ4v) is 2.26. The molecule has 0 amide bonds. The van der Waals surface area contributed by atoms with E-state index in [1.165, 1.54) is 27.9 Å². The number of hydrogen-bond donors (Lipinski definition) is 1. The molecule has 1 saturated heterocycles. The van der Waals surface area contributed by atoms with Gasteiger partial charge in [0, 0.05) is 21.0 Å². The number of carbonyl (C=O) groups excluding carboxylic acids is 2. The summed E-state index contributed by atoms with van der Waals surface area (Å²) in [5, 5.41) is 10.5. The lowest BCUT2D eigenvalue weighted by Gasteiger charge is -2.47. The second kappa shape index (κ2) is 5.85. The van der Waals surface area contributed by atoms with Crippen molar-refractivity contribution in [3.63, 3.8) is 0 Å². The Morgan fingerprint density at radius 3 is 2.11 bits per heavy atom. The van der Waals surface area contributed by atoms with Gasteiger partial charge in [0.2, 0.25) is 6.29 Å². The molecule has 0 aromatic heterocycles. The first kappa shape index (κ1) is 15.9. The summed E-state index contributed by atoms with van der Waals surface area (Å²) in [6, 6.07) is 0. The molecule has 1 aliphatic rings. The fourth-order valence-electron chi connectivity index (χ4n) is 2.26. The van der Waals surface area contributed by atoms with Crippen LogP contribution in [0.3, 0.4) is 0 Å². The standard InChI is InChI=1S/C12H20O7/c1-6-9(18-7(2)13)12(4,15)10(16-5)11(17-6)19-8(3)14/h6,9-11,15H,1-5H3. The summed E-state index contributed by atoms with van der Waals surface area (Å²) in [4.78, 5) is 22.1. The molecule has 110 valence electrons. The highest BCUT2D eigenvalue weighted by molar-refractivity contribution is 5.66. The van der Waals surface area contributed by atoms with Crippen LogP contribution in [0.1, 0.15) is 27.7 Å². The first-order chi connectivity index (χ1) is 8.70. The molecule has 0 aromatic rings. The van der Waals surface area contributed by atoms with Gasteiger partial charge in [-0.15, -0.1) is 0 Å². The fraction of sp³-hybridized carbons (Fsp3) is 0.833. The van der Waals surface area contributed by atoms with Crippen molar-refractivity contribution in [3.8, 4) is 0 Å². The van der Waals surface area contributed by atoms with Gasteiger partial charge in [-0.2, -0.15) is 0 Å². The first-order valence-electron chi connectivity index (χ1n) is 5.95. The summed E-state index contributed by atoms with van der Waals surface area (Å²) in [7, 11) is 1.35. The van der Waals surface area contributed by atoms with E-state index in [1.807, 2.05) is 0 Å². The molecule has 0 aromatic carbocycles. The highest BCUT2D eigenvalue weighted by Crippen LogP contribution is 2.34. The molecule has 0 aliphatic carbocycles. The van der Waals surface area contributed by atoms with Crippen molar-refractivity contribution in [2.75, 3.05) is 7.11 Å². The highest BCUT2D eigenvalue weighted by atomic mass is 16.7. The van der Waals surface area contributed by atoms with E-state index >= 15 is 0 Å². The van der Waals surface area contributed by atoms with Gasteiger partial charge in [0.15, 0.2) is 12.2 Å². The lowest BCUT2D eigenvalue weighted by molar-refractivity contribution is -0.319. The van der Waals surface area contributed by atoms with Crippen molar-refractivity contribution in [2.45, 2.75) is 57.9 Å². The number of rotatable bonds is 3. The molecule has 5 unspecified atom stereocenters. The number of hydrogen-bond acceptors (Lipinski definition) is 7. The Bertz CT molecular complexity index is 352. The van der Waals surface area contributed by atoms with Crippen LogP contribution in [0.4, 0.5) is 0 Å². The van der Waals surface area contributed by atoms with E-state index in [9.17, 15) is 14.7 Å². The molecule has 0 spiro atoms. The SMILES string of the molecule is COC1C(OC(C)=O)OC(C)C(OC(C)=O)C1(C)O. The summed E-state index contributed by atoms with van der Waals surface area (Å²) in [5.41, 5.74) is -1.54. The molecule has 0 saturated carbocycles. The third-order valence-electron chi connectivity index (χ3n) is 3.00. The van der Waals surface area contributed by atoms with Crippen molar-refractivity contribution in [3.05, 3.63) is 0 Å². The van der Waals surface area contributed by atoms with Gasteiger partial charge in [-0.05, 0) is 13.8 Å². The lowest BCUT2D eigenvalue weighted by atomic mass is 9.86. The number of methoxy groups -OCH3 is 1. The normalized spacial score (nSPS) is 38.6. The van der Waals surface area contributed by atoms with E-state index in [0.717, 1.165) is 0 Å². The Kier molecular flexibility index (Phi) is 4.89. The minimum absolute atomic E-state index is 0.540. The largest absolute Gasteiger partial charge is 0.457 e. The maximum absolute atomic E-state index is 11.1. The summed E-state index contributed by atoms with van der Waals surface area (Å²) in [6.07, 6.45) is -3.58. The van der Waals surface area contributed by atoms with Crippen molar-refractivity contribution in [1.29, 1.82) is 0 Å². The molecule has 0 bridgehead atoms.